The van der Waals surface area contributed by atoms with Crippen molar-refractivity contribution >= 4 is 43.7 Å². The molecule has 0 aliphatic heterocycles. The number of furan rings is 1. The Kier molecular flexibility index (Phi) is 2.64. The van der Waals surface area contributed by atoms with Crippen LogP contribution < -0.4 is 0 Å². The Hall–Kier alpha value is -2.74. The van der Waals surface area contributed by atoms with Gasteiger partial charge in [-0.05, 0) is 24.1 Å². The summed E-state index contributed by atoms with van der Waals surface area (Å²) in [5.41, 5.74) is 5.87. The van der Waals surface area contributed by atoms with Crippen molar-refractivity contribution in [2.45, 2.75) is 19.8 Å². The molecule has 2 aromatic heterocycles. The van der Waals surface area contributed by atoms with Gasteiger partial charge >= 0.3 is 0 Å². The van der Waals surface area contributed by atoms with E-state index in [1.54, 1.807) is 0 Å². The van der Waals surface area contributed by atoms with Crippen LogP contribution in [0.25, 0.3) is 43.7 Å². The molecule has 0 unspecified atom stereocenters. The molecule has 0 bridgehead atoms. The van der Waals surface area contributed by atoms with Crippen molar-refractivity contribution in [2.75, 3.05) is 0 Å². The first-order valence-corrected chi connectivity index (χ1v) is 8.48. The fraction of sp³-hybridized carbons (Fsp3) is 0.182. The summed E-state index contributed by atoms with van der Waals surface area (Å²) in [6, 6.07) is 19.3. The van der Waals surface area contributed by atoms with Crippen LogP contribution in [0.5, 0.6) is 0 Å². The summed E-state index contributed by atoms with van der Waals surface area (Å²) < 4.78 is 8.61. The van der Waals surface area contributed by atoms with E-state index in [0.29, 0.717) is 5.92 Å². The molecule has 24 heavy (non-hydrogen) atoms. The van der Waals surface area contributed by atoms with Gasteiger partial charge in [-0.25, -0.2) is 0 Å². The van der Waals surface area contributed by atoms with Gasteiger partial charge in [-0.2, -0.15) is 0 Å². The van der Waals surface area contributed by atoms with Crippen LogP contribution >= 0.6 is 0 Å². The van der Waals surface area contributed by atoms with Gasteiger partial charge in [0, 0.05) is 39.7 Å². The highest BCUT2D eigenvalue weighted by Gasteiger charge is 2.21. The molecule has 0 fully saturated rings. The number of fused-ring (bicyclic) bond motifs is 6. The zero-order chi connectivity index (χ0) is 16.4. The number of aryl methyl sites for hydroxylation is 1. The first-order valence-electron chi connectivity index (χ1n) is 8.48. The molecule has 2 nitrogen and oxygen atoms in total. The van der Waals surface area contributed by atoms with Gasteiger partial charge in [0.2, 0.25) is 0 Å². The number of hydrogen-bond donors (Lipinski definition) is 0. The van der Waals surface area contributed by atoms with Crippen molar-refractivity contribution < 1.29 is 4.42 Å². The Morgan fingerprint density at radius 2 is 1.54 bits per heavy atom. The van der Waals surface area contributed by atoms with Gasteiger partial charge in [-0.3, -0.25) is 0 Å². The van der Waals surface area contributed by atoms with Crippen LogP contribution in [-0.2, 0) is 7.05 Å². The van der Waals surface area contributed by atoms with Crippen molar-refractivity contribution in [3.05, 3.63) is 60.2 Å². The monoisotopic (exact) mass is 313 g/mol. The Bertz CT molecular complexity index is 1240. The molecule has 2 heteroatoms. The van der Waals surface area contributed by atoms with Crippen LogP contribution in [0, 0.1) is 0 Å². The molecule has 118 valence electrons. The molecular formula is C22H19NO. The van der Waals surface area contributed by atoms with E-state index in [1.807, 2.05) is 6.07 Å². The average molecular weight is 313 g/mol. The van der Waals surface area contributed by atoms with E-state index < -0.39 is 0 Å². The van der Waals surface area contributed by atoms with Crippen molar-refractivity contribution in [1.29, 1.82) is 0 Å². The van der Waals surface area contributed by atoms with Crippen molar-refractivity contribution in [3.8, 4) is 0 Å². The van der Waals surface area contributed by atoms with E-state index in [-0.39, 0.29) is 0 Å². The lowest BCUT2D eigenvalue weighted by Crippen LogP contribution is -1.92. The van der Waals surface area contributed by atoms with E-state index in [1.165, 1.54) is 38.1 Å². The third-order valence-corrected chi connectivity index (χ3v) is 5.16. The van der Waals surface area contributed by atoms with E-state index in [4.69, 9.17) is 4.42 Å². The van der Waals surface area contributed by atoms with E-state index in [2.05, 4.69) is 74.0 Å². The maximum Gasteiger partial charge on any atom is 0.139 e. The van der Waals surface area contributed by atoms with Crippen LogP contribution in [0.2, 0.25) is 0 Å². The molecule has 0 saturated heterocycles. The summed E-state index contributed by atoms with van der Waals surface area (Å²) >= 11 is 0. The standard InChI is InChI=1S/C22H19NO/c1-13(2)20-21-15-9-4-6-10-17(15)23(3)18(21)12-16-14-8-5-7-11-19(14)24-22(16)20/h4-13H,1-3H3. The number of aromatic nitrogens is 1. The first kappa shape index (κ1) is 13.7. The van der Waals surface area contributed by atoms with Gasteiger partial charge in [0.1, 0.15) is 11.2 Å². The molecule has 0 aliphatic carbocycles. The maximum atomic E-state index is 6.30. The molecular weight excluding hydrogens is 294 g/mol. The lowest BCUT2D eigenvalue weighted by Gasteiger charge is -2.09. The van der Waals surface area contributed by atoms with Crippen LogP contribution in [0.15, 0.2) is 59.0 Å². The molecule has 0 spiro atoms. The summed E-state index contributed by atoms with van der Waals surface area (Å²) in [6.07, 6.45) is 0. The van der Waals surface area contributed by atoms with Crippen LogP contribution in [0.4, 0.5) is 0 Å². The largest absolute Gasteiger partial charge is 0.456 e. The number of hydrogen-bond acceptors (Lipinski definition) is 1. The topological polar surface area (TPSA) is 18.1 Å². The normalized spacial score (nSPS) is 12.3. The van der Waals surface area contributed by atoms with Crippen molar-refractivity contribution in [3.63, 3.8) is 0 Å². The molecule has 0 N–H and O–H groups in total. The Morgan fingerprint density at radius 1 is 0.833 bits per heavy atom. The number of nitrogens with zero attached hydrogens (tertiary/aromatic N) is 1. The van der Waals surface area contributed by atoms with Crippen molar-refractivity contribution in [1.82, 2.24) is 4.57 Å². The second kappa shape index (κ2) is 4.64. The van der Waals surface area contributed by atoms with Crippen LogP contribution in [-0.4, -0.2) is 4.57 Å². The van der Waals surface area contributed by atoms with E-state index in [0.717, 1.165) is 11.2 Å². The van der Waals surface area contributed by atoms with E-state index in [9.17, 15) is 0 Å². The number of rotatable bonds is 1. The average Bonchev–Trinajstić information content (AvgIpc) is 3.10. The lowest BCUT2D eigenvalue weighted by atomic mass is 9.94. The predicted octanol–water partition coefficient (Wildman–Crippen LogP) is 6.35. The highest BCUT2D eigenvalue weighted by molar-refractivity contribution is 6.18. The minimum Gasteiger partial charge on any atom is -0.456 e. The van der Waals surface area contributed by atoms with Crippen molar-refractivity contribution in [2.24, 2.45) is 7.05 Å². The third kappa shape index (κ3) is 1.60. The molecule has 0 aliphatic rings. The fourth-order valence-corrected chi connectivity index (χ4v) is 4.07. The summed E-state index contributed by atoms with van der Waals surface area (Å²) in [5, 5.41) is 5.05. The Labute approximate surface area is 140 Å². The summed E-state index contributed by atoms with van der Waals surface area (Å²) in [7, 11) is 2.16. The highest BCUT2D eigenvalue weighted by atomic mass is 16.3. The first-order chi connectivity index (χ1) is 11.7. The van der Waals surface area contributed by atoms with Gasteiger partial charge in [-0.15, -0.1) is 0 Å². The molecule has 5 rings (SSSR count). The predicted molar refractivity (Wildman–Crippen MR) is 102 cm³/mol. The fourth-order valence-electron chi connectivity index (χ4n) is 4.07. The lowest BCUT2D eigenvalue weighted by molar-refractivity contribution is 0.658. The SMILES string of the molecule is CC(C)c1c2oc3ccccc3c2cc2c1c1ccccc1n2C. The molecule has 0 saturated carbocycles. The van der Waals surface area contributed by atoms with Gasteiger partial charge in [0.25, 0.3) is 0 Å². The molecule has 0 radical (unpaired) electrons. The summed E-state index contributed by atoms with van der Waals surface area (Å²) in [6.45, 7) is 4.51. The quantitative estimate of drug-likeness (QED) is 0.352. The third-order valence-electron chi connectivity index (χ3n) is 5.16. The smallest absolute Gasteiger partial charge is 0.139 e. The Morgan fingerprint density at radius 3 is 2.33 bits per heavy atom. The van der Waals surface area contributed by atoms with E-state index >= 15 is 0 Å². The second-order valence-electron chi connectivity index (χ2n) is 6.89. The molecule has 3 aromatic carbocycles. The Balaban J connectivity index is 2.14. The minimum absolute atomic E-state index is 0.391. The summed E-state index contributed by atoms with van der Waals surface area (Å²) in [5.74, 6) is 0.391. The maximum absolute atomic E-state index is 6.30. The number of benzene rings is 3. The van der Waals surface area contributed by atoms with Crippen LogP contribution in [0.3, 0.4) is 0 Å². The van der Waals surface area contributed by atoms with Crippen LogP contribution in [0.1, 0.15) is 25.3 Å². The molecule has 0 atom stereocenters. The number of para-hydroxylation sites is 2. The van der Waals surface area contributed by atoms with Gasteiger partial charge in [0.15, 0.2) is 0 Å². The molecule has 5 aromatic rings. The second-order valence-corrected chi connectivity index (χ2v) is 6.89. The zero-order valence-electron chi connectivity index (χ0n) is 14.1. The molecule has 2 heterocycles. The minimum atomic E-state index is 0.391. The van der Waals surface area contributed by atoms with Gasteiger partial charge in [-0.1, -0.05) is 50.2 Å². The van der Waals surface area contributed by atoms with Gasteiger partial charge < -0.3 is 8.98 Å². The van der Waals surface area contributed by atoms with Gasteiger partial charge in [0.05, 0.1) is 5.52 Å². The summed E-state index contributed by atoms with van der Waals surface area (Å²) in [4.78, 5) is 0. The molecule has 0 amide bonds. The highest BCUT2D eigenvalue weighted by Crippen LogP contribution is 2.42. The zero-order valence-corrected chi connectivity index (χ0v) is 14.1.